The summed E-state index contributed by atoms with van der Waals surface area (Å²) in [5, 5.41) is 13.5. The van der Waals surface area contributed by atoms with Gasteiger partial charge in [0.15, 0.2) is 0 Å². The van der Waals surface area contributed by atoms with Crippen LogP contribution in [-0.4, -0.2) is 21.3 Å². The van der Waals surface area contributed by atoms with Gasteiger partial charge in [-0.25, -0.2) is 4.79 Å². The van der Waals surface area contributed by atoms with Gasteiger partial charge in [0.1, 0.15) is 5.75 Å². The predicted octanol–water partition coefficient (Wildman–Crippen LogP) is 3.70. The van der Waals surface area contributed by atoms with Crippen LogP contribution in [0.5, 0.6) is 10.9 Å². The number of hydrogen-bond donors (Lipinski definition) is 1. The average molecular weight is 325 g/mol. The average Bonchev–Trinajstić information content (AvgIpc) is 2.79. The Balaban J connectivity index is 2.24. The third kappa shape index (κ3) is 3.17. The van der Waals surface area contributed by atoms with Crippen LogP contribution in [0.25, 0.3) is 0 Å². The van der Waals surface area contributed by atoms with Crippen molar-refractivity contribution in [1.82, 2.24) is 10.2 Å². The summed E-state index contributed by atoms with van der Waals surface area (Å²) in [5.41, 5.74) is -0.232. The summed E-state index contributed by atoms with van der Waals surface area (Å²) in [7, 11) is 0. The third-order valence-corrected chi connectivity index (χ3v) is 3.20. The van der Waals surface area contributed by atoms with Crippen LogP contribution < -0.4 is 4.74 Å². The number of halogens is 4. The van der Waals surface area contributed by atoms with Gasteiger partial charge in [-0.05, 0) is 18.2 Å². The van der Waals surface area contributed by atoms with Crippen molar-refractivity contribution < 1.29 is 27.8 Å². The van der Waals surface area contributed by atoms with Crippen molar-refractivity contribution in [3.8, 4) is 10.9 Å². The number of alkyl halides is 3. The zero-order chi connectivity index (χ0) is 14.9. The van der Waals surface area contributed by atoms with Crippen LogP contribution in [0.15, 0.2) is 18.2 Å². The molecule has 0 saturated heterocycles. The van der Waals surface area contributed by atoms with Crippen LogP contribution in [0.3, 0.4) is 0 Å². The third-order valence-electron chi connectivity index (χ3n) is 2.02. The van der Waals surface area contributed by atoms with Gasteiger partial charge >= 0.3 is 12.1 Å². The zero-order valence-corrected chi connectivity index (χ0v) is 10.9. The Morgan fingerprint density at radius 3 is 2.60 bits per heavy atom. The summed E-state index contributed by atoms with van der Waals surface area (Å²) in [6, 6.07) is 3.65. The molecular weight excluding hydrogens is 321 g/mol. The van der Waals surface area contributed by atoms with Crippen molar-refractivity contribution in [2.45, 2.75) is 6.18 Å². The van der Waals surface area contributed by atoms with Crippen molar-refractivity contribution in [2.75, 3.05) is 0 Å². The summed E-state index contributed by atoms with van der Waals surface area (Å²) < 4.78 is 42.0. The first-order chi connectivity index (χ1) is 9.27. The van der Waals surface area contributed by atoms with E-state index in [-0.39, 0.29) is 32.9 Å². The molecular formula is C10H4ClF3N2O3S. The lowest BCUT2D eigenvalue weighted by molar-refractivity contribution is -0.138. The molecule has 1 N–H and O–H groups in total. The first-order valence-corrected chi connectivity index (χ1v) is 6.08. The molecule has 2 rings (SSSR count). The molecule has 1 heterocycles. The van der Waals surface area contributed by atoms with Gasteiger partial charge in [-0.15, -0.1) is 5.10 Å². The maximum atomic E-state index is 12.3. The van der Waals surface area contributed by atoms with Crippen molar-refractivity contribution in [2.24, 2.45) is 0 Å². The number of nitrogens with zero attached hydrogens (tertiary/aromatic N) is 2. The molecule has 1 aromatic carbocycles. The number of aromatic carboxylic acids is 1. The molecule has 2 aromatic rings. The highest BCUT2D eigenvalue weighted by Gasteiger charge is 2.36. The lowest BCUT2D eigenvalue weighted by Gasteiger charge is -2.03. The standard InChI is InChI=1S/C10H4ClF3N2O3S/c11-6-2-1-4(3-5(6)7(17)18)19-9-16-15-8(20-9)10(12,13)14/h1-3H,(H,17,18). The van der Waals surface area contributed by atoms with Gasteiger partial charge in [0.25, 0.3) is 5.19 Å². The second kappa shape index (κ2) is 5.25. The second-order valence-electron chi connectivity index (χ2n) is 3.42. The molecule has 106 valence electrons. The first-order valence-electron chi connectivity index (χ1n) is 4.89. The summed E-state index contributed by atoms with van der Waals surface area (Å²) in [4.78, 5) is 10.8. The Labute approximate surface area is 118 Å². The molecule has 0 bridgehead atoms. The highest BCUT2D eigenvalue weighted by molar-refractivity contribution is 7.13. The number of carboxylic acid groups (broad SMARTS) is 1. The van der Waals surface area contributed by atoms with E-state index < -0.39 is 17.2 Å². The fraction of sp³-hybridized carbons (Fsp3) is 0.100. The first kappa shape index (κ1) is 14.5. The van der Waals surface area contributed by atoms with Gasteiger partial charge in [0.05, 0.1) is 10.6 Å². The molecule has 1 aromatic heterocycles. The van der Waals surface area contributed by atoms with Crippen LogP contribution in [-0.2, 0) is 6.18 Å². The van der Waals surface area contributed by atoms with E-state index in [0.29, 0.717) is 0 Å². The smallest absolute Gasteiger partial charge is 0.445 e. The summed E-state index contributed by atoms with van der Waals surface area (Å²) in [5.74, 6) is -1.29. The lowest BCUT2D eigenvalue weighted by Crippen LogP contribution is -2.03. The van der Waals surface area contributed by atoms with Gasteiger partial charge in [-0.2, -0.15) is 13.2 Å². The van der Waals surface area contributed by atoms with E-state index in [2.05, 4.69) is 10.2 Å². The van der Waals surface area contributed by atoms with Gasteiger partial charge in [0.2, 0.25) is 5.01 Å². The van der Waals surface area contributed by atoms with Crippen LogP contribution in [0.1, 0.15) is 15.4 Å². The van der Waals surface area contributed by atoms with Crippen molar-refractivity contribution in [3.05, 3.63) is 33.8 Å². The molecule has 0 aliphatic rings. The molecule has 0 amide bonds. The largest absolute Gasteiger partial charge is 0.478 e. The summed E-state index contributed by atoms with van der Waals surface area (Å²) in [6.07, 6.45) is -4.61. The van der Waals surface area contributed by atoms with E-state index in [9.17, 15) is 18.0 Å². The minimum absolute atomic E-state index is 0.00308. The fourth-order valence-corrected chi connectivity index (χ4v) is 1.98. The van der Waals surface area contributed by atoms with Gasteiger partial charge in [0, 0.05) is 0 Å². The maximum absolute atomic E-state index is 12.3. The molecule has 0 fully saturated rings. The SMILES string of the molecule is O=C(O)c1cc(Oc2nnc(C(F)(F)F)s2)ccc1Cl. The van der Waals surface area contributed by atoms with Crippen LogP contribution >= 0.6 is 22.9 Å². The van der Waals surface area contributed by atoms with E-state index in [0.717, 1.165) is 6.07 Å². The predicted molar refractivity (Wildman–Crippen MR) is 63.4 cm³/mol. The van der Waals surface area contributed by atoms with Crippen molar-refractivity contribution >= 4 is 28.9 Å². The fourth-order valence-electron chi connectivity index (χ4n) is 1.20. The van der Waals surface area contributed by atoms with Crippen molar-refractivity contribution in [3.63, 3.8) is 0 Å². The number of ether oxygens (including phenoxy) is 1. The Kier molecular flexibility index (Phi) is 3.82. The topological polar surface area (TPSA) is 72.3 Å². The Morgan fingerprint density at radius 1 is 1.35 bits per heavy atom. The molecule has 0 aliphatic heterocycles. The molecule has 20 heavy (non-hydrogen) atoms. The van der Waals surface area contributed by atoms with E-state index in [1.54, 1.807) is 0 Å². The monoisotopic (exact) mass is 324 g/mol. The minimum atomic E-state index is -4.61. The number of hydrogen-bond acceptors (Lipinski definition) is 5. The Bertz CT molecular complexity index is 659. The van der Waals surface area contributed by atoms with E-state index in [1.807, 2.05) is 0 Å². The van der Waals surface area contributed by atoms with Crippen LogP contribution in [0, 0.1) is 0 Å². The second-order valence-corrected chi connectivity index (χ2v) is 4.77. The van der Waals surface area contributed by atoms with E-state index in [4.69, 9.17) is 21.4 Å². The zero-order valence-electron chi connectivity index (χ0n) is 9.31. The molecule has 0 spiro atoms. The minimum Gasteiger partial charge on any atom is -0.478 e. The summed E-state index contributed by atoms with van der Waals surface area (Å²) in [6.45, 7) is 0. The maximum Gasteiger partial charge on any atom is 0.445 e. The van der Waals surface area contributed by atoms with Gasteiger partial charge < -0.3 is 9.84 Å². The van der Waals surface area contributed by atoms with Crippen molar-refractivity contribution in [1.29, 1.82) is 0 Å². The van der Waals surface area contributed by atoms with Gasteiger partial charge in [-0.3, -0.25) is 0 Å². The Morgan fingerprint density at radius 2 is 2.05 bits per heavy atom. The van der Waals surface area contributed by atoms with Crippen LogP contribution in [0.4, 0.5) is 13.2 Å². The quantitative estimate of drug-likeness (QED) is 0.932. The number of carbonyl (C=O) groups is 1. The van der Waals surface area contributed by atoms with Gasteiger partial charge in [-0.1, -0.05) is 28.0 Å². The highest BCUT2D eigenvalue weighted by atomic mass is 35.5. The molecule has 0 radical (unpaired) electrons. The molecule has 0 aliphatic carbocycles. The van der Waals surface area contributed by atoms with E-state index in [1.165, 1.54) is 12.1 Å². The number of rotatable bonds is 3. The molecule has 5 nitrogen and oxygen atoms in total. The number of carboxylic acids is 1. The number of benzene rings is 1. The molecule has 0 saturated carbocycles. The molecule has 0 atom stereocenters. The molecule has 10 heteroatoms. The lowest BCUT2D eigenvalue weighted by atomic mass is 10.2. The highest BCUT2D eigenvalue weighted by Crippen LogP contribution is 2.35. The normalized spacial score (nSPS) is 11.4. The number of aromatic nitrogens is 2. The van der Waals surface area contributed by atoms with E-state index >= 15 is 0 Å². The summed E-state index contributed by atoms with van der Waals surface area (Å²) >= 11 is 5.85. The Hall–Kier alpha value is -1.87. The van der Waals surface area contributed by atoms with Crippen LogP contribution in [0.2, 0.25) is 5.02 Å². The molecule has 0 unspecified atom stereocenters.